The van der Waals surface area contributed by atoms with E-state index in [2.05, 4.69) is 24.4 Å². The maximum Gasteiger partial charge on any atom is 0.230 e. The van der Waals surface area contributed by atoms with Crippen LogP contribution in [-0.2, 0) is 9.59 Å². The summed E-state index contributed by atoms with van der Waals surface area (Å²) in [5, 5.41) is 14.3. The molecule has 3 fully saturated rings. The van der Waals surface area contributed by atoms with Crippen LogP contribution in [-0.4, -0.2) is 29.5 Å². The van der Waals surface area contributed by atoms with Gasteiger partial charge in [0.15, 0.2) is 5.06 Å². The van der Waals surface area contributed by atoms with E-state index in [4.69, 9.17) is 0 Å². The fraction of sp³-hybridized carbons (Fsp3) is 0.704. The Balaban J connectivity index is 1.41. The summed E-state index contributed by atoms with van der Waals surface area (Å²) in [4.78, 5) is 28.9. The molecule has 1 aromatic heterocycles. The topological polar surface area (TPSA) is 69.6 Å². The van der Waals surface area contributed by atoms with E-state index in [0.717, 1.165) is 81.3 Å². The van der Waals surface area contributed by atoms with E-state index in [1.807, 2.05) is 4.90 Å². The highest BCUT2D eigenvalue weighted by atomic mass is 32.1. The van der Waals surface area contributed by atoms with Crippen LogP contribution in [0.2, 0.25) is 0 Å². The number of allylic oxidation sites excluding steroid dienone is 2. The average Bonchev–Trinajstić information content (AvgIpc) is 3.39. The molecule has 2 N–H and O–H groups in total. The summed E-state index contributed by atoms with van der Waals surface area (Å²) >= 11 is 1.44. The number of thiophene rings is 1. The number of hydrogen-bond donors (Lipinski definition) is 2. The maximum atomic E-state index is 13.9. The first-order valence-corrected chi connectivity index (χ1v) is 13.9. The highest BCUT2D eigenvalue weighted by molar-refractivity contribution is 7.15. The molecule has 2 amide bonds. The molecule has 0 radical (unpaired) electrons. The Labute approximate surface area is 201 Å². The highest BCUT2D eigenvalue weighted by Gasteiger charge is 2.44. The number of rotatable bonds is 4. The number of anilines is 1. The lowest BCUT2D eigenvalue weighted by molar-refractivity contribution is -0.124. The summed E-state index contributed by atoms with van der Waals surface area (Å²) in [7, 11) is 0. The lowest BCUT2D eigenvalue weighted by Crippen LogP contribution is -2.47. The van der Waals surface area contributed by atoms with E-state index in [0.29, 0.717) is 12.3 Å². The number of aromatic hydroxyl groups is 1. The van der Waals surface area contributed by atoms with Crippen LogP contribution in [0.3, 0.4) is 0 Å². The Morgan fingerprint density at radius 1 is 1.15 bits per heavy atom. The Bertz CT molecular complexity index is 920. The minimum Gasteiger partial charge on any atom is -0.498 e. The molecule has 4 aliphatic rings. The largest absolute Gasteiger partial charge is 0.498 e. The van der Waals surface area contributed by atoms with Gasteiger partial charge in [-0.3, -0.25) is 9.59 Å². The van der Waals surface area contributed by atoms with Crippen LogP contribution in [0.5, 0.6) is 5.06 Å². The summed E-state index contributed by atoms with van der Waals surface area (Å²) in [6, 6.07) is 2.19. The summed E-state index contributed by atoms with van der Waals surface area (Å²) in [6.07, 6.45) is 15.4. The van der Waals surface area contributed by atoms with Crippen molar-refractivity contribution >= 4 is 34.4 Å². The molecule has 2 heterocycles. The van der Waals surface area contributed by atoms with Crippen molar-refractivity contribution in [1.82, 2.24) is 5.32 Å². The molecule has 33 heavy (non-hydrogen) atoms. The lowest BCUT2D eigenvalue weighted by atomic mass is 9.71. The van der Waals surface area contributed by atoms with Gasteiger partial charge in [-0.1, -0.05) is 24.3 Å². The van der Waals surface area contributed by atoms with Crippen molar-refractivity contribution in [2.24, 2.45) is 17.3 Å². The third-order valence-electron chi connectivity index (χ3n) is 8.74. The van der Waals surface area contributed by atoms with Crippen molar-refractivity contribution in [2.75, 3.05) is 11.4 Å². The van der Waals surface area contributed by atoms with E-state index < -0.39 is 0 Å². The molecule has 0 atom stereocenters. The van der Waals surface area contributed by atoms with Crippen LogP contribution in [0.1, 0.15) is 95.3 Å². The third kappa shape index (κ3) is 4.73. The molecule has 0 unspecified atom stereocenters. The Morgan fingerprint density at radius 2 is 1.91 bits per heavy atom. The van der Waals surface area contributed by atoms with Crippen LogP contribution in [0.4, 0.5) is 5.69 Å². The minimum atomic E-state index is 0.0588. The average molecular weight is 471 g/mol. The molecule has 0 aromatic carbocycles. The van der Waals surface area contributed by atoms with Gasteiger partial charge in [0.05, 0.1) is 5.69 Å². The molecule has 2 saturated carbocycles. The smallest absolute Gasteiger partial charge is 0.230 e. The first-order valence-electron chi connectivity index (χ1n) is 13.1. The molecule has 180 valence electrons. The number of amides is 2. The summed E-state index contributed by atoms with van der Waals surface area (Å²) in [5.41, 5.74) is 2.12. The van der Waals surface area contributed by atoms with Gasteiger partial charge in [0.1, 0.15) is 0 Å². The van der Waals surface area contributed by atoms with E-state index in [9.17, 15) is 14.7 Å². The molecule has 3 aliphatic carbocycles. The van der Waals surface area contributed by atoms with Crippen LogP contribution < -0.4 is 10.2 Å². The van der Waals surface area contributed by atoms with Gasteiger partial charge in [-0.15, -0.1) is 0 Å². The molecule has 5 nitrogen and oxygen atoms in total. The van der Waals surface area contributed by atoms with Crippen molar-refractivity contribution < 1.29 is 14.7 Å². The Morgan fingerprint density at radius 3 is 2.55 bits per heavy atom. The predicted molar refractivity (Wildman–Crippen MR) is 133 cm³/mol. The normalized spacial score (nSPS) is 32.5. The highest BCUT2D eigenvalue weighted by Crippen LogP contribution is 2.48. The van der Waals surface area contributed by atoms with E-state index in [1.165, 1.54) is 29.8 Å². The van der Waals surface area contributed by atoms with Crippen molar-refractivity contribution in [2.45, 2.75) is 96.4 Å². The Kier molecular flexibility index (Phi) is 6.56. The summed E-state index contributed by atoms with van der Waals surface area (Å²) in [5.74, 6) is 1.13. The molecular weight excluding hydrogens is 432 g/mol. The fourth-order valence-electron chi connectivity index (χ4n) is 6.54. The van der Waals surface area contributed by atoms with Gasteiger partial charge in [0.25, 0.3) is 0 Å². The van der Waals surface area contributed by atoms with Crippen molar-refractivity contribution in [3.05, 3.63) is 17.0 Å². The van der Waals surface area contributed by atoms with Crippen LogP contribution >= 0.6 is 11.3 Å². The minimum absolute atomic E-state index is 0.0588. The first kappa shape index (κ1) is 22.9. The van der Waals surface area contributed by atoms with Gasteiger partial charge in [-0.2, -0.15) is 0 Å². The second-order valence-electron chi connectivity index (χ2n) is 11.1. The van der Waals surface area contributed by atoms with Crippen LogP contribution in [0, 0.1) is 17.3 Å². The quantitative estimate of drug-likeness (QED) is 0.565. The van der Waals surface area contributed by atoms with Crippen molar-refractivity contribution in [3.8, 4) is 5.06 Å². The van der Waals surface area contributed by atoms with Crippen LogP contribution in [0.25, 0.3) is 5.57 Å². The van der Waals surface area contributed by atoms with E-state index >= 15 is 0 Å². The van der Waals surface area contributed by atoms with Gasteiger partial charge in [-0.25, -0.2) is 0 Å². The lowest BCUT2D eigenvalue weighted by Gasteiger charge is -2.42. The second-order valence-corrected chi connectivity index (χ2v) is 12.2. The molecule has 1 aliphatic heterocycles. The van der Waals surface area contributed by atoms with Gasteiger partial charge in [-0.05, 0) is 100 Å². The van der Waals surface area contributed by atoms with Gasteiger partial charge in [0, 0.05) is 29.8 Å². The molecular formula is C27H38N2O3S. The first-order chi connectivity index (χ1) is 15.9. The summed E-state index contributed by atoms with van der Waals surface area (Å²) in [6.45, 7) is 3.06. The SMILES string of the molecule is CC1CCC(C(=O)N(c2cc(C3=CCCCC3)sc2O)C2CCC3(CC2)CNC(=O)C3)CC1. The molecule has 5 rings (SSSR count). The standard InChI is InChI=1S/C27H38N2O3S/c1-18-7-9-20(10-8-18)25(31)29(21-11-13-27(14-12-21)16-24(30)28-17-27)22-15-23(33-26(22)32)19-5-3-2-4-6-19/h5,15,18,20-21,32H,2-4,6-14,16-17H2,1H3,(H,28,30). The molecule has 1 saturated heterocycles. The number of nitrogens with zero attached hydrogens (tertiary/aromatic N) is 1. The zero-order valence-corrected chi connectivity index (χ0v) is 20.7. The van der Waals surface area contributed by atoms with Crippen molar-refractivity contribution in [3.63, 3.8) is 0 Å². The predicted octanol–water partition coefficient (Wildman–Crippen LogP) is 6.02. The third-order valence-corrected chi connectivity index (χ3v) is 9.74. The monoisotopic (exact) mass is 470 g/mol. The van der Waals surface area contributed by atoms with E-state index in [-0.39, 0.29) is 34.3 Å². The maximum absolute atomic E-state index is 13.9. The number of carbonyl (C=O) groups excluding carboxylic acids is 2. The molecule has 1 spiro atoms. The molecule has 0 bridgehead atoms. The zero-order chi connectivity index (χ0) is 23.0. The Hall–Kier alpha value is -1.82. The van der Waals surface area contributed by atoms with Gasteiger partial charge < -0.3 is 15.3 Å². The van der Waals surface area contributed by atoms with Crippen LogP contribution in [0.15, 0.2) is 12.1 Å². The summed E-state index contributed by atoms with van der Waals surface area (Å²) < 4.78 is 0. The second kappa shape index (κ2) is 9.44. The zero-order valence-electron chi connectivity index (χ0n) is 19.9. The number of nitrogens with one attached hydrogen (secondary N) is 1. The fourth-order valence-corrected chi connectivity index (χ4v) is 7.50. The molecule has 6 heteroatoms. The number of hydrogen-bond acceptors (Lipinski definition) is 4. The van der Waals surface area contributed by atoms with Gasteiger partial charge >= 0.3 is 0 Å². The molecule has 1 aromatic rings. The van der Waals surface area contributed by atoms with Gasteiger partial charge in [0.2, 0.25) is 11.8 Å². The van der Waals surface area contributed by atoms with Crippen molar-refractivity contribution in [1.29, 1.82) is 0 Å². The van der Waals surface area contributed by atoms with E-state index in [1.54, 1.807) is 0 Å². The number of carbonyl (C=O) groups is 2.